The minimum atomic E-state index is -0.0666. The Morgan fingerprint density at radius 3 is 2.93 bits per heavy atom. The molecule has 0 aromatic carbocycles. The topological polar surface area (TPSA) is 61.9 Å². The highest BCUT2D eigenvalue weighted by Crippen LogP contribution is 2.08. The minimum absolute atomic E-state index is 0.0666. The van der Waals surface area contributed by atoms with Gasteiger partial charge < -0.3 is 9.88 Å². The highest BCUT2D eigenvalue weighted by molar-refractivity contribution is 5.75. The number of nitrogens with zero attached hydrogens (tertiary/aromatic N) is 3. The lowest BCUT2D eigenvalue weighted by molar-refractivity contribution is 1.06. The van der Waals surface area contributed by atoms with Crippen molar-refractivity contribution in [2.24, 2.45) is 0 Å². The van der Waals surface area contributed by atoms with Gasteiger partial charge in [0.2, 0.25) is 0 Å². The highest BCUT2D eigenvalue weighted by Gasteiger charge is 2.03. The van der Waals surface area contributed by atoms with Crippen molar-refractivity contribution < 1.29 is 0 Å². The van der Waals surface area contributed by atoms with E-state index in [1.165, 1.54) is 18.6 Å². The molecule has 5 nitrogen and oxygen atoms in total. The molecule has 1 N–H and O–H groups in total. The molecule has 5 heteroatoms. The molecule has 2 heterocycles. The molecule has 0 amide bonds. The third-order valence-electron chi connectivity index (χ3n) is 1.97. The van der Waals surface area contributed by atoms with Crippen molar-refractivity contribution in [1.29, 1.82) is 0 Å². The van der Waals surface area contributed by atoms with Gasteiger partial charge >= 0.3 is 0 Å². The zero-order valence-corrected chi connectivity index (χ0v) is 7.98. The molecule has 0 aliphatic heterocycles. The van der Waals surface area contributed by atoms with Crippen LogP contribution in [0.4, 0.5) is 5.82 Å². The molecule has 72 valence electrons. The van der Waals surface area contributed by atoms with Crippen LogP contribution in [0.1, 0.15) is 0 Å². The van der Waals surface area contributed by atoms with E-state index in [1.54, 1.807) is 0 Å². The van der Waals surface area contributed by atoms with Gasteiger partial charge in [0.05, 0.1) is 5.39 Å². The molecule has 14 heavy (non-hydrogen) atoms. The van der Waals surface area contributed by atoms with Crippen LogP contribution in [-0.2, 0) is 0 Å². The summed E-state index contributed by atoms with van der Waals surface area (Å²) in [5, 5.41) is 0.512. The lowest BCUT2D eigenvalue weighted by Crippen LogP contribution is -2.15. The third-order valence-corrected chi connectivity index (χ3v) is 1.97. The molecular formula is C9H10N4O. The maximum Gasteiger partial charge on any atom is 0.194 e. The summed E-state index contributed by atoms with van der Waals surface area (Å²) in [7, 11) is 3.72. The fourth-order valence-electron chi connectivity index (χ4n) is 1.21. The molecule has 2 aromatic rings. The number of hydrogen-bond acceptors (Lipinski definition) is 4. The molecule has 0 unspecified atom stereocenters. The van der Waals surface area contributed by atoms with Crippen LogP contribution in [0.5, 0.6) is 0 Å². The van der Waals surface area contributed by atoms with Gasteiger partial charge in [0.15, 0.2) is 5.43 Å². The van der Waals surface area contributed by atoms with E-state index in [-0.39, 0.29) is 5.43 Å². The Kier molecular flexibility index (Phi) is 1.92. The molecule has 0 radical (unpaired) electrons. The summed E-state index contributed by atoms with van der Waals surface area (Å²) in [6.07, 6.45) is 2.93. The van der Waals surface area contributed by atoms with Gasteiger partial charge in [-0.15, -0.1) is 0 Å². The maximum absolute atomic E-state index is 11.6. The third kappa shape index (κ3) is 1.32. The van der Waals surface area contributed by atoms with Crippen molar-refractivity contribution in [3.05, 3.63) is 28.8 Å². The average molecular weight is 190 g/mol. The average Bonchev–Trinajstić information content (AvgIpc) is 2.17. The molecule has 0 spiro atoms. The van der Waals surface area contributed by atoms with Crippen LogP contribution in [-0.4, -0.2) is 29.0 Å². The minimum Gasteiger partial charge on any atom is -0.364 e. The van der Waals surface area contributed by atoms with Gasteiger partial charge in [0, 0.05) is 26.4 Å². The molecule has 0 atom stereocenters. The zero-order valence-electron chi connectivity index (χ0n) is 7.98. The largest absolute Gasteiger partial charge is 0.364 e. The van der Waals surface area contributed by atoms with E-state index >= 15 is 0 Å². The summed E-state index contributed by atoms with van der Waals surface area (Å²) >= 11 is 0. The summed E-state index contributed by atoms with van der Waals surface area (Å²) in [4.78, 5) is 24.2. The van der Waals surface area contributed by atoms with Crippen LogP contribution in [0.3, 0.4) is 0 Å². The molecular weight excluding hydrogens is 180 g/mol. The quantitative estimate of drug-likeness (QED) is 0.706. The summed E-state index contributed by atoms with van der Waals surface area (Å²) < 4.78 is 0. The fraction of sp³-hybridized carbons (Fsp3) is 0.222. The molecule has 0 saturated carbocycles. The second-order valence-corrected chi connectivity index (χ2v) is 3.20. The number of H-pyrrole nitrogens is 1. The Hall–Kier alpha value is -1.91. The van der Waals surface area contributed by atoms with Crippen molar-refractivity contribution >= 4 is 16.9 Å². The molecule has 0 fully saturated rings. The van der Waals surface area contributed by atoms with Crippen LogP contribution in [0, 0.1) is 0 Å². The standard InChI is InChI=1S/C9H10N4O/c1-13(2)8-3-7(14)6-4-10-5-11-9(6)12-8/h3-5H,1-2H3,(H,10,11,12,14). The van der Waals surface area contributed by atoms with E-state index in [0.717, 1.165) is 5.82 Å². The first kappa shape index (κ1) is 8.68. The Balaban J connectivity index is 2.79. The number of anilines is 1. The van der Waals surface area contributed by atoms with E-state index in [9.17, 15) is 4.79 Å². The van der Waals surface area contributed by atoms with Gasteiger partial charge in [0.1, 0.15) is 17.8 Å². The Labute approximate surface area is 80.4 Å². The number of pyridine rings is 1. The highest BCUT2D eigenvalue weighted by atomic mass is 16.1. The molecule has 2 aromatic heterocycles. The number of aromatic nitrogens is 3. The van der Waals surface area contributed by atoms with Gasteiger partial charge in [0.25, 0.3) is 0 Å². The van der Waals surface area contributed by atoms with Gasteiger partial charge in [-0.25, -0.2) is 9.97 Å². The van der Waals surface area contributed by atoms with Crippen molar-refractivity contribution in [3.8, 4) is 0 Å². The molecule has 2 rings (SSSR count). The van der Waals surface area contributed by atoms with Crippen LogP contribution >= 0.6 is 0 Å². The fourth-order valence-corrected chi connectivity index (χ4v) is 1.21. The SMILES string of the molecule is CN(C)c1cc(=O)c2cncnc2[nH]1. The van der Waals surface area contributed by atoms with E-state index < -0.39 is 0 Å². The van der Waals surface area contributed by atoms with E-state index in [1.807, 2.05) is 19.0 Å². The van der Waals surface area contributed by atoms with Gasteiger partial charge in [-0.3, -0.25) is 4.79 Å². The predicted molar refractivity (Wildman–Crippen MR) is 54.5 cm³/mol. The zero-order chi connectivity index (χ0) is 10.1. The summed E-state index contributed by atoms with van der Waals surface area (Å²) in [5.74, 6) is 0.737. The van der Waals surface area contributed by atoms with Crippen molar-refractivity contribution in [1.82, 2.24) is 15.0 Å². The van der Waals surface area contributed by atoms with E-state index in [2.05, 4.69) is 15.0 Å². The van der Waals surface area contributed by atoms with Crippen molar-refractivity contribution in [2.75, 3.05) is 19.0 Å². The lowest BCUT2D eigenvalue weighted by atomic mass is 10.3. The molecule has 0 saturated heterocycles. The predicted octanol–water partition coefficient (Wildman–Crippen LogP) is 0.384. The Bertz CT molecular complexity index is 517. The Morgan fingerprint density at radius 2 is 2.21 bits per heavy atom. The van der Waals surface area contributed by atoms with E-state index in [4.69, 9.17) is 0 Å². The molecule has 0 aliphatic rings. The first-order chi connectivity index (χ1) is 6.68. The first-order valence-electron chi connectivity index (χ1n) is 4.19. The van der Waals surface area contributed by atoms with E-state index in [0.29, 0.717) is 11.0 Å². The smallest absolute Gasteiger partial charge is 0.194 e. The van der Waals surface area contributed by atoms with Crippen LogP contribution in [0.2, 0.25) is 0 Å². The normalized spacial score (nSPS) is 10.4. The summed E-state index contributed by atoms with van der Waals surface area (Å²) in [6.45, 7) is 0. The number of rotatable bonds is 1. The van der Waals surface area contributed by atoms with Crippen molar-refractivity contribution in [2.45, 2.75) is 0 Å². The van der Waals surface area contributed by atoms with Crippen molar-refractivity contribution in [3.63, 3.8) is 0 Å². The second kappa shape index (κ2) is 3.10. The number of aromatic amines is 1. The van der Waals surface area contributed by atoms with Gasteiger partial charge in [-0.1, -0.05) is 0 Å². The summed E-state index contributed by atoms with van der Waals surface area (Å²) in [5.41, 5.74) is 0.499. The Morgan fingerprint density at radius 1 is 1.43 bits per heavy atom. The van der Waals surface area contributed by atoms with Crippen LogP contribution < -0.4 is 10.3 Å². The summed E-state index contributed by atoms with van der Waals surface area (Å²) in [6, 6.07) is 1.53. The van der Waals surface area contributed by atoms with Gasteiger partial charge in [-0.2, -0.15) is 0 Å². The first-order valence-corrected chi connectivity index (χ1v) is 4.19. The lowest BCUT2D eigenvalue weighted by Gasteiger charge is -2.11. The number of nitrogens with one attached hydrogen (secondary N) is 1. The monoisotopic (exact) mass is 190 g/mol. The maximum atomic E-state index is 11.6. The van der Waals surface area contributed by atoms with Crippen LogP contribution in [0.15, 0.2) is 23.4 Å². The van der Waals surface area contributed by atoms with Crippen LogP contribution in [0.25, 0.3) is 11.0 Å². The molecule has 0 bridgehead atoms. The second-order valence-electron chi connectivity index (χ2n) is 3.20. The van der Waals surface area contributed by atoms with Gasteiger partial charge in [-0.05, 0) is 0 Å². The number of hydrogen-bond donors (Lipinski definition) is 1. The number of fused-ring (bicyclic) bond motifs is 1. The molecule has 0 aliphatic carbocycles.